The van der Waals surface area contributed by atoms with Gasteiger partial charge in [-0.2, -0.15) is 0 Å². The van der Waals surface area contributed by atoms with Crippen molar-refractivity contribution in [2.24, 2.45) is 0 Å². The highest BCUT2D eigenvalue weighted by Crippen LogP contribution is 2.17. The average Bonchev–Trinajstić information content (AvgIpc) is 2.21. The molecule has 64 valence electrons. The predicted octanol–water partition coefficient (Wildman–Crippen LogP) is 2.55. The van der Waals surface area contributed by atoms with Gasteiger partial charge in [-0.25, -0.2) is 0 Å². The molecule has 1 aliphatic heterocycles. The Morgan fingerprint density at radius 3 is 3.00 bits per heavy atom. The number of hydrogen-bond acceptors (Lipinski definition) is 2. The van der Waals surface area contributed by atoms with Gasteiger partial charge in [-0.05, 0) is 6.07 Å². The van der Waals surface area contributed by atoms with Gasteiger partial charge < -0.3 is 5.32 Å². The van der Waals surface area contributed by atoms with E-state index in [0.717, 1.165) is 12.2 Å². The quantitative estimate of drug-likeness (QED) is 0.634. The van der Waals surface area contributed by atoms with Crippen LogP contribution in [0.5, 0.6) is 0 Å². The van der Waals surface area contributed by atoms with E-state index < -0.39 is 0 Å². The molecule has 1 aliphatic rings. The second-order valence-corrected chi connectivity index (χ2v) is 2.25. The lowest BCUT2D eigenvalue weighted by atomic mass is 10.2. The van der Waals surface area contributed by atoms with Crippen LogP contribution in [0.2, 0.25) is 0 Å². The molecule has 0 radical (unpaired) electrons. The number of anilines is 1. The van der Waals surface area contributed by atoms with Gasteiger partial charge in [0.15, 0.2) is 0 Å². The molecular formula is C10H14N2. The molecule has 2 heteroatoms. The normalized spacial score (nSPS) is 12.2. The SMILES string of the molecule is C1=Cc2ccncc2NC1.CC. The van der Waals surface area contributed by atoms with Crippen LogP contribution in [0.3, 0.4) is 0 Å². The molecule has 1 N–H and O–H groups in total. The molecule has 0 saturated carbocycles. The fraction of sp³-hybridized carbons (Fsp3) is 0.300. The predicted molar refractivity (Wildman–Crippen MR) is 53.1 cm³/mol. The molecule has 0 saturated heterocycles. The van der Waals surface area contributed by atoms with E-state index in [4.69, 9.17) is 0 Å². The lowest BCUT2D eigenvalue weighted by Gasteiger charge is -2.10. The van der Waals surface area contributed by atoms with Gasteiger partial charge in [0.2, 0.25) is 0 Å². The minimum Gasteiger partial charge on any atom is -0.380 e. The molecule has 0 fully saturated rings. The number of nitrogens with one attached hydrogen (secondary N) is 1. The summed E-state index contributed by atoms with van der Waals surface area (Å²) in [4.78, 5) is 4.00. The summed E-state index contributed by atoms with van der Waals surface area (Å²) in [5, 5.41) is 3.21. The Labute approximate surface area is 73.3 Å². The fourth-order valence-electron chi connectivity index (χ4n) is 1.05. The van der Waals surface area contributed by atoms with Gasteiger partial charge in [0, 0.05) is 18.3 Å². The second-order valence-electron chi connectivity index (χ2n) is 2.25. The summed E-state index contributed by atoms with van der Waals surface area (Å²) in [5.74, 6) is 0. The number of fused-ring (bicyclic) bond motifs is 1. The molecule has 0 aliphatic carbocycles. The molecular weight excluding hydrogens is 148 g/mol. The van der Waals surface area contributed by atoms with Crippen LogP contribution in [0.1, 0.15) is 19.4 Å². The molecule has 2 nitrogen and oxygen atoms in total. The third kappa shape index (κ3) is 1.84. The summed E-state index contributed by atoms with van der Waals surface area (Å²) in [6, 6.07) is 2.00. The maximum atomic E-state index is 4.00. The zero-order valence-electron chi connectivity index (χ0n) is 7.54. The number of nitrogens with zero attached hydrogens (tertiary/aromatic N) is 1. The highest BCUT2D eigenvalue weighted by atomic mass is 14.9. The first kappa shape index (κ1) is 8.78. The molecule has 1 aromatic heterocycles. The molecule has 0 atom stereocenters. The van der Waals surface area contributed by atoms with E-state index in [1.165, 1.54) is 5.56 Å². The highest BCUT2D eigenvalue weighted by molar-refractivity contribution is 5.68. The van der Waals surface area contributed by atoms with Gasteiger partial charge in [-0.1, -0.05) is 26.0 Å². The average molecular weight is 162 g/mol. The van der Waals surface area contributed by atoms with Gasteiger partial charge in [0.05, 0.1) is 11.9 Å². The molecule has 0 spiro atoms. The van der Waals surface area contributed by atoms with Crippen molar-refractivity contribution in [2.45, 2.75) is 13.8 Å². The van der Waals surface area contributed by atoms with Crippen molar-refractivity contribution in [3.63, 3.8) is 0 Å². The van der Waals surface area contributed by atoms with Crippen molar-refractivity contribution in [3.05, 3.63) is 30.1 Å². The van der Waals surface area contributed by atoms with Crippen LogP contribution < -0.4 is 5.32 Å². The summed E-state index contributed by atoms with van der Waals surface area (Å²) in [6.45, 7) is 4.92. The lowest BCUT2D eigenvalue weighted by molar-refractivity contribution is 1.24. The molecule has 12 heavy (non-hydrogen) atoms. The molecule has 0 aromatic carbocycles. The third-order valence-electron chi connectivity index (χ3n) is 1.56. The minimum absolute atomic E-state index is 0.915. The minimum atomic E-state index is 0.915. The standard InChI is InChI=1S/C8H8N2.C2H6/c1-2-7-3-5-9-6-8(7)10-4-1;1-2/h1-3,5-6,10H,4H2;1-2H3. The zero-order chi connectivity index (χ0) is 8.81. The molecule has 2 rings (SSSR count). The summed E-state index contributed by atoms with van der Waals surface area (Å²) >= 11 is 0. The van der Waals surface area contributed by atoms with E-state index in [1.54, 1.807) is 6.20 Å². The first-order valence-corrected chi connectivity index (χ1v) is 4.31. The van der Waals surface area contributed by atoms with Crippen molar-refractivity contribution in [1.82, 2.24) is 4.98 Å². The van der Waals surface area contributed by atoms with Crippen LogP contribution in [0.4, 0.5) is 5.69 Å². The van der Waals surface area contributed by atoms with Crippen LogP contribution in [0.25, 0.3) is 6.08 Å². The van der Waals surface area contributed by atoms with Crippen molar-refractivity contribution in [3.8, 4) is 0 Å². The number of pyridine rings is 1. The number of rotatable bonds is 0. The molecule has 2 heterocycles. The molecule has 1 aromatic rings. The monoisotopic (exact) mass is 162 g/mol. The highest BCUT2D eigenvalue weighted by Gasteiger charge is 1.99. The molecule has 0 bridgehead atoms. The first-order valence-electron chi connectivity index (χ1n) is 4.31. The fourth-order valence-corrected chi connectivity index (χ4v) is 1.05. The van der Waals surface area contributed by atoms with Gasteiger partial charge in [-0.3, -0.25) is 4.98 Å². The van der Waals surface area contributed by atoms with Crippen molar-refractivity contribution < 1.29 is 0 Å². The summed E-state index contributed by atoms with van der Waals surface area (Å²) < 4.78 is 0. The van der Waals surface area contributed by atoms with Gasteiger partial charge in [0.1, 0.15) is 0 Å². The van der Waals surface area contributed by atoms with Gasteiger partial charge in [-0.15, -0.1) is 0 Å². The van der Waals surface area contributed by atoms with Gasteiger partial charge >= 0.3 is 0 Å². The van der Waals surface area contributed by atoms with E-state index >= 15 is 0 Å². The maximum absolute atomic E-state index is 4.00. The van der Waals surface area contributed by atoms with E-state index in [1.807, 2.05) is 26.1 Å². The summed E-state index contributed by atoms with van der Waals surface area (Å²) in [5.41, 5.74) is 2.35. The summed E-state index contributed by atoms with van der Waals surface area (Å²) in [7, 11) is 0. The Kier molecular flexibility index (Phi) is 3.33. The number of aromatic nitrogens is 1. The van der Waals surface area contributed by atoms with Gasteiger partial charge in [0.25, 0.3) is 0 Å². The Morgan fingerprint density at radius 2 is 2.25 bits per heavy atom. The van der Waals surface area contributed by atoms with E-state index in [-0.39, 0.29) is 0 Å². The third-order valence-corrected chi connectivity index (χ3v) is 1.56. The Balaban J connectivity index is 0.000000336. The topological polar surface area (TPSA) is 24.9 Å². The van der Waals surface area contributed by atoms with E-state index in [9.17, 15) is 0 Å². The first-order chi connectivity index (χ1) is 5.97. The Bertz CT molecular complexity index is 266. The zero-order valence-corrected chi connectivity index (χ0v) is 7.54. The van der Waals surface area contributed by atoms with Crippen LogP contribution in [-0.4, -0.2) is 11.5 Å². The largest absolute Gasteiger partial charge is 0.380 e. The van der Waals surface area contributed by atoms with Crippen LogP contribution in [0, 0.1) is 0 Å². The van der Waals surface area contributed by atoms with Crippen molar-refractivity contribution in [2.75, 3.05) is 11.9 Å². The molecule has 0 unspecified atom stereocenters. The summed E-state index contributed by atoms with van der Waals surface area (Å²) in [6.07, 6.45) is 7.85. The van der Waals surface area contributed by atoms with Crippen molar-refractivity contribution >= 4 is 11.8 Å². The van der Waals surface area contributed by atoms with Crippen molar-refractivity contribution in [1.29, 1.82) is 0 Å². The number of hydrogen-bond donors (Lipinski definition) is 1. The second kappa shape index (κ2) is 4.54. The van der Waals surface area contributed by atoms with Crippen LogP contribution in [0.15, 0.2) is 24.5 Å². The Hall–Kier alpha value is -1.31. The Morgan fingerprint density at radius 1 is 1.42 bits per heavy atom. The lowest BCUT2D eigenvalue weighted by Crippen LogP contribution is -2.03. The maximum Gasteiger partial charge on any atom is 0.0602 e. The van der Waals surface area contributed by atoms with E-state index in [0.29, 0.717) is 0 Å². The molecule has 0 amide bonds. The van der Waals surface area contributed by atoms with Crippen LogP contribution >= 0.6 is 0 Å². The van der Waals surface area contributed by atoms with E-state index in [2.05, 4.69) is 22.5 Å². The van der Waals surface area contributed by atoms with Crippen LogP contribution in [-0.2, 0) is 0 Å². The smallest absolute Gasteiger partial charge is 0.0602 e.